The van der Waals surface area contributed by atoms with E-state index in [1.165, 1.54) is 0 Å². The molecule has 0 N–H and O–H groups in total. The van der Waals surface area contributed by atoms with E-state index in [2.05, 4.69) is 32.6 Å². The van der Waals surface area contributed by atoms with Gasteiger partial charge in [-0.3, -0.25) is 9.69 Å². The average Bonchev–Trinajstić information content (AvgIpc) is 2.38. The van der Waals surface area contributed by atoms with Gasteiger partial charge in [0, 0.05) is 12.6 Å². The van der Waals surface area contributed by atoms with Gasteiger partial charge in [-0.1, -0.05) is 26.0 Å². The monoisotopic (exact) mass is 277 g/mol. The van der Waals surface area contributed by atoms with E-state index in [9.17, 15) is 4.79 Å². The molecule has 0 unspecified atom stereocenters. The number of nitrogens with zero attached hydrogens (tertiary/aromatic N) is 1. The summed E-state index contributed by atoms with van der Waals surface area (Å²) in [6.07, 6.45) is 0. The molecule has 112 valence electrons. The molecule has 1 rings (SSSR count). The third kappa shape index (κ3) is 4.97. The van der Waals surface area contributed by atoms with Crippen molar-refractivity contribution in [2.75, 3.05) is 19.7 Å². The first-order chi connectivity index (χ1) is 9.45. The Hall–Kier alpha value is -1.35. The second-order valence-electron chi connectivity index (χ2n) is 5.77. The third-order valence-electron chi connectivity index (χ3n) is 3.16. The van der Waals surface area contributed by atoms with E-state index >= 15 is 0 Å². The number of ether oxygens (including phenoxy) is 1. The van der Waals surface area contributed by atoms with Gasteiger partial charge >= 0.3 is 0 Å². The fraction of sp³-hybridized carbons (Fsp3) is 0.588. The molecule has 0 atom stereocenters. The molecule has 0 aromatic heterocycles. The summed E-state index contributed by atoms with van der Waals surface area (Å²) in [6.45, 7) is 12.5. The summed E-state index contributed by atoms with van der Waals surface area (Å²) in [5.41, 5.74) is 0.684. The molecular formula is C17H27NO2. The molecule has 3 heteroatoms. The topological polar surface area (TPSA) is 29.5 Å². The summed E-state index contributed by atoms with van der Waals surface area (Å²) in [4.78, 5) is 14.7. The second kappa shape index (κ2) is 8.05. The number of rotatable bonds is 8. The third-order valence-corrected chi connectivity index (χ3v) is 3.16. The van der Waals surface area contributed by atoms with Gasteiger partial charge in [-0.2, -0.15) is 0 Å². The van der Waals surface area contributed by atoms with Crippen LogP contribution in [0.4, 0.5) is 0 Å². The Morgan fingerprint density at radius 2 is 1.85 bits per heavy atom. The number of carbonyl (C=O) groups is 1. The minimum absolute atomic E-state index is 0.128. The molecule has 0 aliphatic rings. The highest BCUT2D eigenvalue weighted by molar-refractivity contribution is 6.00. The first kappa shape index (κ1) is 16.7. The van der Waals surface area contributed by atoms with E-state index in [1.807, 2.05) is 31.2 Å². The van der Waals surface area contributed by atoms with Gasteiger partial charge in [-0.05, 0) is 38.8 Å². The predicted molar refractivity (Wildman–Crippen MR) is 83.5 cm³/mol. The summed E-state index contributed by atoms with van der Waals surface area (Å²) in [6, 6.07) is 7.86. The minimum Gasteiger partial charge on any atom is -0.493 e. The molecule has 0 bridgehead atoms. The average molecular weight is 277 g/mol. The highest BCUT2D eigenvalue weighted by Crippen LogP contribution is 2.19. The van der Waals surface area contributed by atoms with Crippen LogP contribution in [0.5, 0.6) is 5.75 Å². The predicted octanol–water partition coefficient (Wildman–Crippen LogP) is 3.63. The Morgan fingerprint density at radius 3 is 2.40 bits per heavy atom. The lowest BCUT2D eigenvalue weighted by molar-refractivity contribution is 0.0889. The van der Waals surface area contributed by atoms with Crippen molar-refractivity contribution in [3.8, 4) is 5.75 Å². The molecule has 0 saturated heterocycles. The summed E-state index contributed by atoms with van der Waals surface area (Å²) in [5.74, 6) is 1.36. The second-order valence-corrected chi connectivity index (χ2v) is 5.77. The van der Waals surface area contributed by atoms with Gasteiger partial charge in [0.2, 0.25) is 0 Å². The molecule has 1 aromatic carbocycles. The van der Waals surface area contributed by atoms with Gasteiger partial charge in [-0.15, -0.1) is 0 Å². The molecule has 0 heterocycles. The van der Waals surface area contributed by atoms with E-state index in [1.54, 1.807) is 0 Å². The van der Waals surface area contributed by atoms with E-state index in [-0.39, 0.29) is 5.78 Å². The Morgan fingerprint density at radius 1 is 1.20 bits per heavy atom. The zero-order valence-corrected chi connectivity index (χ0v) is 13.3. The summed E-state index contributed by atoms with van der Waals surface area (Å²) in [5, 5.41) is 0. The number of carbonyl (C=O) groups excluding carboxylic acids is 1. The van der Waals surface area contributed by atoms with Gasteiger partial charge in [0.25, 0.3) is 0 Å². The van der Waals surface area contributed by atoms with Crippen LogP contribution in [0.3, 0.4) is 0 Å². The summed E-state index contributed by atoms with van der Waals surface area (Å²) in [7, 11) is 0. The van der Waals surface area contributed by atoms with E-state index in [0.717, 1.165) is 6.54 Å². The molecule has 3 nitrogen and oxygen atoms in total. The lowest BCUT2D eigenvalue weighted by atomic mass is 10.1. The molecule has 0 amide bonds. The highest BCUT2D eigenvalue weighted by atomic mass is 16.5. The van der Waals surface area contributed by atoms with Crippen LogP contribution in [0.2, 0.25) is 0 Å². The molecule has 20 heavy (non-hydrogen) atoms. The maximum Gasteiger partial charge on any atom is 0.180 e. The highest BCUT2D eigenvalue weighted by Gasteiger charge is 2.18. The van der Waals surface area contributed by atoms with Gasteiger partial charge in [0.15, 0.2) is 5.78 Å². The Labute approximate surface area is 122 Å². The van der Waals surface area contributed by atoms with Crippen LogP contribution in [0, 0.1) is 5.92 Å². The van der Waals surface area contributed by atoms with Crippen molar-refractivity contribution in [3.05, 3.63) is 29.8 Å². The zero-order valence-electron chi connectivity index (χ0n) is 13.3. The Bertz CT molecular complexity index is 427. The van der Waals surface area contributed by atoms with Gasteiger partial charge in [0.1, 0.15) is 5.75 Å². The lowest BCUT2D eigenvalue weighted by Crippen LogP contribution is -2.38. The van der Waals surface area contributed by atoms with Crippen LogP contribution < -0.4 is 4.74 Å². The van der Waals surface area contributed by atoms with Crippen LogP contribution in [-0.4, -0.2) is 36.4 Å². The van der Waals surface area contributed by atoms with E-state index in [0.29, 0.717) is 36.4 Å². The van der Waals surface area contributed by atoms with E-state index in [4.69, 9.17) is 4.74 Å². The number of hydrogen-bond acceptors (Lipinski definition) is 3. The summed E-state index contributed by atoms with van der Waals surface area (Å²) < 4.78 is 5.54. The van der Waals surface area contributed by atoms with Gasteiger partial charge in [0.05, 0.1) is 18.7 Å². The first-order valence-corrected chi connectivity index (χ1v) is 7.44. The Balaban J connectivity index is 2.83. The van der Waals surface area contributed by atoms with Crippen molar-refractivity contribution in [2.45, 2.75) is 40.7 Å². The lowest BCUT2D eigenvalue weighted by Gasteiger charge is -2.27. The number of benzene rings is 1. The number of hydrogen-bond donors (Lipinski definition) is 0. The van der Waals surface area contributed by atoms with Gasteiger partial charge < -0.3 is 4.74 Å². The van der Waals surface area contributed by atoms with Crippen LogP contribution >= 0.6 is 0 Å². The fourth-order valence-corrected chi connectivity index (χ4v) is 2.17. The smallest absolute Gasteiger partial charge is 0.180 e. The van der Waals surface area contributed by atoms with Crippen molar-refractivity contribution in [1.29, 1.82) is 0 Å². The molecule has 0 radical (unpaired) electrons. The van der Waals surface area contributed by atoms with Crippen LogP contribution in [0.25, 0.3) is 0 Å². The van der Waals surface area contributed by atoms with Gasteiger partial charge in [-0.25, -0.2) is 0 Å². The number of Topliss-reactive ketones (excluding diaryl/α,β-unsaturated/α-hetero) is 1. The van der Waals surface area contributed by atoms with Crippen LogP contribution in [0.1, 0.15) is 45.0 Å². The molecule has 0 spiro atoms. The van der Waals surface area contributed by atoms with Crippen molar-refractivity contribution < 1.29 is 9.53 Å². The van der Waals surface area contributed by atoms with Crippen molar-refractivity contribution in [2.24, 2.45) is 5.92 Å². The maximum absolute atomic E-state index is 12.5. The van der Waals surface area contributed by atoms with Crippen molar-refractivity contribution >= 4 is 5.78 Å². The molecule has 0 fully saturated rings. The fourth-order valence-electron chi connectivity index (χ4n) is 2.17. The van der Waals surface area contributed by atoms with E-state index < -0.39 is 0 Å². The normalized spacial score (nSPS) is 11.4. The molecule has 0 saturated carbocycles. The zero-order chi connectivity index (χ0) is 15.1. The minimum atomic E-state index is 0.128. The molecule has 0 aliphatic carbocycles. The number of ketones is 1. The largest absolute Gasteiger partial charge is 0.493 e. The molecule has 1 aromatic rings. The number of para-hydroxylation sites is 1. The maximum atomic E-state index is 12.5. The first-order valence-electron chi connectivity index (χ1n) is 7.44. The molecular weight excluding hydrogens is 250 g/mol. The Kier molecular flexibility index (Phi) is 6.73. The SMILES string of the molecule is CCOc1ccccc1C(=O)CN(CC(C)C)C(C)C. The quantitative estimate of drug-likeness (QED) is 0.679. The van der Waals surface area contributed by atoms with Crippen LogP contribution in [-0.2, 0) is 0 Å². The van der Waals surface area contributed by atoms with Crippen molar-refractivity contribution in [1.82, 2.24) is 4.90 Å². The van der Waals surface area contributed by atoms with Crippen molar-refractivity contribution in [3.63, 3.8) is 0 Å². The summed E-state index contributed by atoms with van der Waals surface area (Å²) >= 11 is 0. The standard InChI is InChI=1S/C17H27NO2/c1-6-20-17-10-8-7-9-15(17)16(19)12-18(14(4)5)11-13(2)3/h7-10,13-14H,6,11-12H2,1-5H3. The van der Waals surface area contributed by atoms with Crippen LogP contribution in [0.15, 0.2) is 24.3 Å². The molecule has 0 aliphatic heterocycles.